The zero-order valence-corrected chi connectivity index (χ0v) is 19.5. The van der Waals surface area contributed by atoms with Crippen molar-refractivity contribution in [2.45, 2.75) is 45.5 Å². The molecular weight excluding hydrogens is 510 g/mol. The van der Waals surface area contributed by atoms with E-state index >= 15 is 0 Å². The minimum absolute atomic E-state index is 0. The monoisotopic (exact) mass is 541 g/mol. The molecule has 1 aromatic rings. The van der Waals surface area contributed by atoms with E-state index in [1.54, 1.807) is 0 Å². The second-order valence-electron chi connectivity index (χ2n) is 7.28. The molecule has 1 aliphatic heterocycles. The van der Waals surface area contributed by atoms with Crippen LogP contribution < -0.4 is 16.4 Å². The van der Waals surface area contributed by atoms with E-state index in [0.29, 0.717) is 25.6 Å². The smallest absolute Gasteiger partial charge is 0.369 e. The normalized spacial score (nSPS) is 17.9. The van der Waals surface area contributed by atoms with Crippen LogP contribution in [0.5, 0.6) is 0 Å². The third-order valence-corrected chi connectivity index (χ3v) is 4.77. The molecule has 4 N–H and O–H groups in total. The lowest BCUT2D eigenvalue weighted by Gasteiger charge is -2.31. The van der Waals surface area contributed by atoms with Gasteiger partial charge in [-0.2, -0.15) is 13.2 Å². The van der Waals surface area contributed by atoms with E-state index < -0.39 is 12.6 Å². The number of hydrogen-bond acceptors (Lipinski definition) is 3. The van der Waals surface area contributed by atoms with Gasteiger partial charge in [0.1, 0.15) is 0 Å². The summed E-state index contributed by atoms with van der Waals surface area (Å²) in [5.41, 5.74) is 7.52. The molecule has 1 heterocycles. The van der Waals surface area contributed by atoms with Crippen molar-refractivity contribution in [3.05, 3.63) is 35.4 Å². The van der Waals surface area contributed by atoms with Crippen molar-refractivity contribution in [3.8, 4) is 0 Å². The summed E-state index contributed by atoms with van der Waals surface area (Å²) in [5, 5.41) is 5.66. The first-order valence-corrected chi connectivity index (χ1v) is 9.95. The summed E-state index contributed by atoms with van der Waals surface area (Å²) in [7, 11) is 0. The Morgan fingerprint density at radius 2 is 2.03 bits per heavy atom. The zero-order valence-electron chi connectivity index (χ0n) is 17.2. The first-order valence-electron chi connectivity index (χ1n) is 9.95. The number of amides is 1. The molecule has 0 spiro atoms. The first kappa shape index (κ1) is 26.5. The van der Waals surface area contributed by atoms with Crippen LogP contribution in [0.15, 0.2) is 29.3 Å². The lowest BCUT2D eigenvalue weighted by molar-refractivity contribution is -0.132. The molecule has 0 saturated carbocycles. The van der Waals surface area contributed by atoms with Gasteiger partial charge in [0.25, 0.3) is 0 Å². The lowest BCUT2D eigenvalue weighted by Crippen LogP contribution is -2.40. The summed E-state index contributed by atoms with van der Waals surface area (Å²) in [4.78, 5) is 18.1. The Morgan fingerprint density at radius 3 is 2.70 bits per heavy atom. The van der Waals surface area contributed by atoms with Gasteiger partial charge in [-0.05, 0) is 37.4 Å². The Hall–Kier alpha value is -1.56. The zero-order chi connectivity index (χ0) is 21.3. The number of primary amides is 1. The molecule has 0 aliphatic carbocycles. The third kappa shape index (κ3) is 9.96. The van der Waals surface area contributed by atoms with Crippen molar-refractivity contribution in [1.82, 2.24) is 15.5 Å². The molecule has 30 heavy (non-hydrogen) atoms. The van der Waals surface area contributed by atoms with E-state index in [1.807, 2.05) is 31.2 Å². The number of nitrogens with one attached hydrogen (secondary N) is 2. The van der Waals surface area contributed by atoms with Crippen molar-refractivity contribution in [2.24, 2.45) is 16.6 Å². The number of aliphatic imine (C=N–C) groups is 1. The number of guanidine groups is 1. The summed E-state index contributed by atoms with van der Waals surface area (Å²) >= 11 is 0. The van der Waals surface area contributed by atoms with Gasteiger partial charge in [0.15, 0.2) is 5.96 Å². The van der Waals surface area contributed by atoms with Crippen molar-refractivity contribution >= 4 is 35.8 Å². The summed E-state index contributed by atoms with van der Waals surface area (Å²) in [5.74, 6) is 0.0243. The summed E-state index contributed by atoms with van der Waals surface area (Å²) in [6.07, 6.45) is -3.31. The molecule has 1 atom stereocenters. The van der Waals surface area contributed by atoms with Crippen LogP contribution in [0.3, 0.4) is 0 Å². The molecule has 10 heteroatoms. The Morgan fingerprint density at radius 1 is 1.30 bits per heavy atom. The third-order valence-electron chi connectivity index (χ3n) is 4.77. The summed E-state index contributed by atoms with van der Waals surface area (Å²) in [6, 6.07) is 7.94. The van der Waals surface area contributed by atoms with Crippen molar-refractivity contribution in [2.75, 3.05) is 26.2 Å². The average Bonchev–Trinajstić information content (AvgIpc) is 2.65. The van der Waals surface area contributed by atoms with Crippen LogP contribution in [0.25, 0.3) is 0 Å². The van der Waals surface area contributed by atoms with Gasteiger partial charge in [0, 0.05) is 26.2 Å². The molecule has 1 fully saturated rings. The number of carbonyl (C=O) groups excluding carboxylic acids is 1. The molecule has 0 aromatic heterocycles. The second-order valence-corrected chi connectivity index (χ2v) is 7.28. The van der Waals surface area contributed by atoms with Gasteiger partial charge in [0.2, 0.25) is 5.91 Å². The van der Waals surface area contributed by atoms with Crippen molar-refractivity contribution in [1.29, 1.82) is 0 Å². The van der Waals surface area contributed by atoms with Crippen LogP contribution in [-0.4, -0.2) is 49.1 Å². The second kappa shape index (κ2) is 13.0. The van der Waals surface area contributed by atoms with Crippen LogP contribution in [0.1, 0.15) is 37.3 Å². The fourth-order valence-corrected chi connectivity index (χ4v) is 3.35. The molecule has 1 amide bonds. The van der Waals surface area contributed by atoms with Crippen LogP contribution in [0.2, 0.25) is 0 Å². The molecule has 1 aliphatic rings. The number of alkyl halides is 3. The highest BCUT2D eigenvalue weighted by Crippen LogP contribution is 2.19. The number of likely N-dealkylation sites (tertiary alicyclic amines) is 1. The molecule has 6 nitrogen and oxygen atoms in total. The topological polar surface area (TPSA) is 82.8 Å². The van der Waals surface area contributed by atoms with E-state index in [2.05, 4.69) is 20.5 Å². The van der Waals surface area contributed by atoms with Crippen LogP contribution >= 0.6 is 24.0 Å². The lowest BCUT2D eigenvalue weighted by atomic mass is 9.97. The molecular formula is C20H31F3IN5O. The Kier molecular flexibility index (Phi) is 11.5. The van der Waals surface area contributed by atoms with Gasteiger partial charge in [-0.1, -0.05) is 24.3 Å². The fraction of sp³-hybridized carbons (Fsp3) is 0.600. The van der Waals surface area contributed by atoms with Gasteiger partial charge in [-0.25, -0.2) is 4.99 Å². The molecule has 2 rings (SSSR count). The average molecular weight is 541 g/mol. The quantitative estimate of drug-likeness (QED) is 0.269. The number of rotatable bonds is 8. The van der Waals surface area contributed by atoms with Crippen molar-refractivity contribution < 1.29 is 18.0 Å². The number of halogens is 4. The largest absolute Gasteiger partial charge is 0.390 e. The van der Waals surface area contributed by atoms with Gasteiger partial charge >= 0.3 is 6.18 Å². The van der Waals surface area contributed by atoms with Crippen LogP contribution in [0.4, 0.5) is 13.2 Å². The standard InChI is InChI=1S/C20H30F3N5O.HI/c1-2-25-19(26-9-8-20(21,22)23)27-12-15-5-3-6-16(11-15)13-28-10-4-7-17(14-28)18(24)29;/h3,5-6,11,17H,2,4,7-10,12-14H2,1H3,(H2,24,29)(H2,25,26,27);1H. The van der Waals surface area contributed by atoms with Gasteiger partial charge in [-0.3, -0.25) is 9.69 Å². The van der Waals surface area contributed by atoms with E-state index in [1.165, 1.54) is 0 Å². The SMILES string of the molecule is CCNC(=NCc1cccc(CN2CCCC(C(N)=O)C2)c1)NCCC(F)(F)F.I. The highest BCUT2D eigenvalue weighted by Gasteiger charge is 2.26. The Balaban J connectivity index is 0.00000450. The maximum atomic E-state index is 12.3. The number of hydrogen-bond donors (Lipinski definition) is 3. The number of carbonyl (C=O) groups is 1. The number of benzene rings is 1. The molecule has 1 aromatic carbocycles. The van der Waals surface area contributed by atoms with E-state index in [-0.39, 0.29) is 42.3 Å². The fourth-order valence-electron chi connectivity index (χ4n) is 3.35. The molecule has 1 saturated heterocycles. The highest BCUT2D eigenvalue weighted by atomic mass is 127. The molecule has 0 bridgehead atoms. The first-order chi connectivity index (χ1) is 13.8. The van der Waals surface area contributed by atoms with E-state index in [9.17, 15) is 18.0 Å². The van der Waals surface area contributed by atoms with Crippen LogP contribution in [0, 0.1) is 5.92 Å². The minimum Gasteiger partial charge on any atom is -0.369 e. The summed E-state index contributed by atoms with van der Waals surface area (Å²) in [6.45, 7) is 4.90. The van der Waals surface area contributed by atoms with Crippen molar-refractivity contribution in [3.63, 3.8) is 0 Å². The number of nitrogens with two attached hydrogens (primary N) is 1. The highest BCUT2D eigenvalue weighted by molar-refractivity contribution is 14.0. The Labute approximate surface area is 192 Å². The number of nitrogens with zero attached hydrogens (tertiary/aromatic N) is 2. The predicted octanol–water partition coefficient (Wildman–Crippen LogP) is 3.01. The maximum Gasteiger partial charge on any atom is 0.390 e. The van der Waals surface area contributed by atoms with E-state index in [4.69, 9.17) is 5.73 Å². The van der Waals surface area contributed by atoms with Crippen LogP contribution in [-0.2, 0) is 17.9 Å². The molecule has 170 valence electrons. The van der Waals surface area contributed by atoms with Gasteiger partial charge in [-0.15, -0.1) is 24.0 Å². The summed E-state index contributed by atoms with van der Waals surface area (Å²) < 4.78 is 37.0. The van der Waals surface area contributed by atoms with E-state index in [0.717, 1.165) is 37.1 Å². The minimum atomic E-state index is -4.19. The number of piperidine rings is 1. The van der Waals surface area contributed by atoms with Gasteiger partial charge < -0.3 is 16.4 Å². The maximum absolute atomic E-state index is 12.3. The Bertz CT molecular complexity index is 699. The molecule has 0 radical (unpaired) electrons. The van der Waals surface area contributed by atoms with Gasteiger partial charge in [0.05, 0.1) is 18.9 Å². The predicted molar refractivity (Wildman–Crippen MR) is 123 cm³/mol. The molecule has 1 unspecified atom stereocenters.